The Labute approximate surface area is 101 Å². The van der Waals surface area contributed by atoms with Gasteiger partial charge in [0.1, 0.15) is 11.6 Å². The normalized spacial score (nSPS) is 11.9. The molecule has 0 spiro atoms. The van der Waals surface area contributed by atoms with E-state index in [9.17, 15) is 13.6 Å². The molecule has 0 aromatic heterocycles. The third-order valence-corrected chi connectivity index (χ3v) is 2.61. The fourth-order valence-electron chi connectivity index (χ4n) is 1.40. The Hall–Kier alpha value is -1.67. The third kappa shape index (κ3) is 3.14. The topological polar surface area (TPSA) is 61.1 Å². The molecule has 0 aliphatic rings. The molecule has 1 N–H and O–H groups in total. The number of nitrogens with zero attached hydrogens (tertiary/aromatic N) is 1. The van der Waals surface area contributed by atoms with Crippen molar-refractivity contribution in [2.45, 2.75) is 18.8 Å². The highest BCUT2D eigenvalue weighted by Gasteiger charge is 2.22. The molecule has 0 saturated carbocycles. The molecule has 0 aliphatic carbocycles. The Morgan fingerprint density at radius 1 is 1.47 bits per heavy atom. The summed E-state index contributed by atoms with van der Waals surface area (Å²) in [6.45, 7) is 0. The second-order valence-electron chi connectivity index (χ2n) is 3.37. The van der Waals surface area contributed by atoms with E-state index >= 15 is 0 Å². The molecule has 1 aromatic rings. The maximum atomic E-state index is 13.4. The minimum Gasteiger partial charge on any atom is -0.481 e. The average Bonchev–Trinajstić information content (AvgIpc) is 2.28. The molecule has 90 valence electrons. The minimum absolute atomic E-state index is 0.119. The maximum absolute atomic E-state index is 13.4. The lowest BCUT2D eigenvalue weighted by molar-refractivity contribution is -0.137. The van der Waals surface area contributed by atoms with Crippen LogP contribution >= 0.6 is 11.6 Å². The average molecular weight is 260 g/mol. The highest BCUT2D eigenvalue weighted by Crippen LogP contribution is 2.32. The van der Waals surface area contributed by atoms with Gasteiger partial charge in [-0.3, -0.25) is 4.79 Å². The zero-order valence-electron chi connectivity index (χ0n) is 8.58. The smallest absolute Gasteiger partial charge is 0.303 e. The summed E-state index contributed by atoms with van der Waals surface area (Å²) in [6, 6.07) is 3.44. The van der Waals surface area contributed by atoms with Gasteiger partial charge in [0.15, 0.2) is 0 Å². The zero-order chi connectivity index (χ0) is 13.0. The Kier molecular flexibility index (Phi) is 4.41. The number of carboxylic acids is 1. The van der Waals surface area contributed by atoms with Crippen molar-refractivity contribution in [3.8, 4) is 6.07 Å². The number of hydrogen-bond acceptors (Lipinski definition) is 2. The lowest BCUT2D eigenvalue weighted by Crippen LogP contribution is -2.05. The number of benzene rings is 1. The van der Waals surface area contributed by atoms with Gasteiger partial charge in [0.2, 0.25) is 0 Å². The molecule has 1 atom stereocenters. The summed E-state index contributed by atoms with van der Waals surface area (Å²) in [4.78, 5) is 10.4. The fraction of sp³-hybridized carbons (Fsp3) is 0.273. The molecular weight excluding hydrogens is 252 g/mol. The Bertz CT molecular complexity index is 485. The van der Waals surface area contributed by atoms with Crippen molar-refractivity contribution in [1.29, 1.82) is 5.26 Å². The van der Waals surface area contributed by atoms with Gasteiger partial charge in [-0.25, -0.2) is 8.78 Å². The maximum Gasteiger partial charge on any atom is 0.303 e. The van der Waals surface area contributed by atoms with Crippen LogP contribution in [0.15, 0.2) is 12.1 Å². The van der Waals surface area contributed by atoms with Crippen LogP contribution in [0, 0.1) is 23.0 Å². The molecular formula is C11H8ClF2NO2. The summed E-state index contributed by atoms with van der Waals surface area (Å²) < 4.78 is 26.6. The Morgan fingerprint density at radius 2 is 2.06 bits per heavy atom. The van der Waals surface area contributed by atoms with E-state index in [1.165, 1.54) is 0 Å². The van der Waals surface area contributed by atoms with Gasteiger partial charge in [0.05, 0.1) is 17.0 Å². The molecule has 0 amide bonds. The molecule has 0 radical (unpaired) electrons. The molecule has 17 heavy (non-hydrogen) atoms. The van der Waals surface area contributed by atoms with Crippen molar-refractivity contribution in [2.24, 2.45) is 0 Å². The van der Waals surface area contributed by atoms with Crippen LogP contribution in [0.25, 0.3) is 0 Å². The van der Waals surface area contributed by atoms with E-state index in [0.717, 1.165) is 12.1 Å². The van der Waals surface area contributed by atoms with Gasteiger partial charge < -0.3 is 5.11 Å². The first-order chi connectivity index (χ1) is 7.97. The van der Waals surface area contributed by atoms with Crippen LogP contribution in [0.5, 0.6) is 0 Å². The van der Waals surface area contributed by atoms with E-state index in [-0.39, 0.29) is 18.4 Å². The van der Waals surface area contributed by atoms with Gasteiger partial charge >= 0.3 is 5.97 Å². The summed E-state index contributed by atoms with van der Waals surface area (Å²) in [5.41, 5.74) is -0.282. The van der Waals surface area contributed by atoms with E-state index in [0.29, 0.717) is 0 Å². The summed E-state index contributed by atoms with van der Waals surface area (Å²) in [7, 11) is 0. The molecule has 0 saturated heterocycles. The number of aliphatic carboxylic acids is 1. The van der Waals surface area contributed by atoms with Crippen LogP contribution in [0.2, 0.25) is 5.02 Å². The first kappa shape index (κ1) is 13.4. The van der Waals surface area contributed by atoms with Crippen molar-refractivity contribution in [3.05, 3.63) is 34.4 Å². The monoisotopic (exact) mass is 259 g/mol. The van der Waals surface area contributed by atoms with E-state index in [4.69, 9.17) is 22.0 Å². The van der Waals surface area contributed by atoms with Crippen LogP contribution in [-0.4, -0.2) is 11.1 Å². The zero-order valence-corrected chi connectivity index (χ0v) is 9.34. The summed E-state index contributed by atoms with van der Waals surface area (Å²) in [5, 5.41) is 16.9. The largest absolute Gasteiger partial charge is 0.481 e. The highest BCUT2D eigenvalue weighted by molar-refractivity contribution is 6.31. The lowest BCUT2D eigenvalue weighted by Gasteiger charge is -2.11. The van der Waals surface area contributed by atoms with Gasteiger partial charge in [0.25, 0.3) is 0 Å². The van der Waals surface area contributed by atoms with Crippen LogP contribution in [0.4, 0.5) is 8.78 Å². The van der Waals surface area contributed by atoms with Crippen LogP contribution < -0.4 is 0 Å². The first-order valence-electron chi connectivity index (χ1n) is 4.72. The fourth-order valence-corrected chi connectivity index (χ4v) is 1.69. The molecule has 1 unspecified atom stereocenters. The number of nitriles is 1. The van der Waals surface area contributed by atoms with Gasteiger partial charge in [-0.1, -0.05) is 11.6 Å². The lowest BCUT2D eigenvalue weighted by atomic mass is 9.95. The van der Waals surface area contributed by atoms with Crippen molar-refractivity contribution in [1.82, 2.24) is 0 Å². The predicted octanol–water partition coefficient (Wildman–Crippen LogP) is 3.09. The van der Waals surface area contributed by atoms with Crippen molar-refractivity contribution in [3.63, 3.8) is 0 Å². The standard InChI is InChI=1S/C11H8ClF2NO2/c12-11-8(14)3-2-7(13)10(11)6(5-15)1-4-9(16)17/h2-3,6H,1,4H2,(H,16,17). The van der Waals surface area contributed by atoms with E-state index in [1.54, 1.807) is 6.07 Å². The summed E-state index contributed by atoms with van der Waals surface area (Å²) in [5.74, 6) is -3.83. The highest BCUT2D eigenvalue weighted by atomic mass is 35.5. The predicted molar refractivity (Wildman–Crippen MR) is 56.6 cm³/mol. The number of rotatable bonds is 4. The molecule has 0 heterocycles. The van der Waals surface area contributed by atoms with Gasteiger partial charge in [-0.2, -0.15) is 5.26 Å². The quantitative estimate of drug-likeness (QED) is 0.845. The number of hydrogen-bond donors (Lipinski definition) is 1. The van der Waals surface area contributed by atoms with Crippen molar-refractivity contribution >= 4 is 17.6 Å². The summed E-state index contributed by atoms with van der Waals surface area (Å²) >= 11 is 5.57. The van der Waals surface area contributed by atoms with Crippen LogP contribution in [0.1, 0.15) is 24.3 Å². The molecule has 0 aliphatic heterocycles. The van der Waals surface area contributed by atoms with Crippen molar-refractivity contribution in [2.75, 3.05) is 0 Å². The van der Waals surface area contributed by atoms with Gasteiger partial charge in [0, 0.05) is 12.0 Å². The summed E-state index contributed by atoms with van der Waals surface area (Å²) in [6.07, 6.45) is -0.434. The van der Waals surface area contributed by atoms with E-state index in [1.807, 2.05) is 0 Å². The SMILES string of the molecule is N#CC(CCC(=O)O)c1c(F)ccc(F)c1Cl. The molecule has 1 rings (SSSR count). The van der Waals surface area contributed by atoms with Crippen LogP contribution in [0.3, 0.4) is 0 Å². The number of carbonyl (C=O) groups is 1. The first-order valence-corrected chi connectivity index (χ1v) is 5.10. The van der Waals surface area contributed by atoms with E-state index in [2.05, 4.69) is 0 Å². The Morgan fingerprint density at radius 3 is 2.59 bits per heavy atom. The molecule has 0 fully saturated rings. The number of carboxylic acid groups (broad SMARTS) is 1. The molecule has 0 bridgehead atoms. The van der Waals surface area contributed by atoms with E-state index < -0.39 is 28.5 Å². The molecule has 1 aromatic carbocycles. The number of halogens is 3. The van der Waals surface area contributed by atoms with Gasteiger partial charge in [-0.05, 0) is 18.6 Å². The Balaban J connectivity index is 3.08. The van der Waals surface area contributed by atoms with Crippen molar-refractivity contribution < 1.29 is 18.7 Å². The van der Waals surface area contributed by atoms with Gasteiger partial charge in [-0.15, -0.1) is 0 Å². The minimum atomic E-state index is -1.11. The molecule has 6 heteroatoms. The third-order valence-electron chi connectivity index (χ3n) is 2.23. The second kappa shape index (κ2) is 5.60. The van der Waals surface area contributed by atoms with Crippen LogP contribution in [-0.2, 0) is 4.79 Å². The molecule has 3 nitrogen and oxygen atoms in total. The second-order valence-corrected chi connectivity index (χ2v) is 3.75.